The van der Waals surface area contributed by atoms with Gasteiger partial charge in [-0.15, -0.1) is 0 Å². The molecule has 0 fully saturated rings. The summed E-state index contributed by atoms with van der Waals surface area (Å²) in [4.78, 5) is 0. The second-order valence-electron chi connectivity index (χ2n) is 14.4. The molecule has 4 aromatic carbocycles. The minimum atomic E-state index is 0.370. The molecule has 0 amide bonds. The molecule has 6 aromatic rings. The summed E-state index contributed by atoms with van der Waals surface area (Å²) in [5.74, 6) is 3.54. The molecule has 10 heteroatoms. The van der Waals surface area contributed by atoms with Crippen molar-refractivity contribution in [3.05, 3.63) is 142 Å². The van der Waals surface area contributed by atoms with Crippen molar-refractivity contribution in [2.75, 3.05) is 52.9 Å². The highest BCUT2D eigenvalue weighted by molar-refractivity contribution is 5.68. The van der Waals surface area contributed by atoms with E-state index in [2.05, 4.69) is 111 Å². The maximum Gasteiger partial charge on any atom is 0.137 e. The van der Waals surface area contributed by atoms with Crippen LogP contribution in [0, 0.1) is 27.7 Å². The predicted octanol–water partition coefficient (Wildman–Crippen LogP) is 10.0. The predicted molar refractivity (Wildman–Crippen MR) is 224 cm³/mol. The molecule has 10 nitrogen and oxygen atoms in total. The molecule has 0 bridgehead atoms. The van der Waals surface area contributed by atoms with Crippen LogP contribution in [0.4, 0.5) is 0 Å². The monoisotopic (exact) mass is 788 g/mol. The normalized spacial score (nSPS) is 11.3. The van der Waals surface area contributed by atoms with Crippen LogP contribution in [0.1, 0.15) is 58.0 Å². The molecule has 0 unspecified atom stereocenters. The molecular weight excluding hydrogens is 733 g/mol. The van der Waals surface area contributed by atoms with Gasteiger partial charge in [0.15, 0.2) is 0 Å². The largest absolute Gasteiger partial charge is 0.493 e. The molecule has 0 saturated carbocycles. The fraction of sp³-hybridized carbons (Fsp3) is 0.375. The van der Waals surface area contributed by atoms with Gasteiger partial charge in [0.25, 0.3) is 0 Å². The van der Waals surface area contributed by atoms with Crippen LogP contribution in [0.3, 0.4) is 0 Å². The number of nitrogens with zero attached hydrogens (tertiary/aromatic N) is 2. The number of aryl methyl sites for hydroxylation is 6. The molecule has 0 aliphatic rings. The van der Waals surface area contributed by atoms with Gasteiger partial charge in [-0.3, -0.25) is 0 Å². The number of rotatable bonds is 25. The molecule has 0 aliphatic heterocycles. The van der Waals surface area contributed by atoms with Crippen LogP contribution < -0.4 is 9.47 Å². The Morgan fingerprint density at radius 2 is 0.776 bits per heavy atom. The lowest BCUT2D eigenvalue weighted by Gasteiger charge is -2.14. The molecule has 0 aliphatic carbocycles. The van der Waals surface area contributed by atoms with E-state index in [-0.39, 0.29) is 0 Å². The minimum absolute atomic E-state index is 0.370. The van der Waals surface area contributed by atoms with E-state index in [1.807, 2.05) is 24.3 Å². The van der Waals surface area contributed by atoms with Gasteiger partial charge in [-0.2, -0.15) is 0 Å². The Bertz CT molecular complexity index is 1910. The van der Waals surface area contributed by atoms with Gasteiger partial charge < -0.3 is 37.5 Å². The SMILES string of the molecule is Cc1cc(-c2ccccc2)cc(C)c1OCCCc1cc(COCCOCCOCCOCc2cc(CCCOc3c(C)cc(-c4ccccc4)cc3C)on2)no1. The first kappa shape index (κ1) is 42.3. The maximum absolute atomic E-state index is 6.16. The minimum Gasteiger partial charge on any atom is -0.493 e. The Kier molecular flexibility index (Phi) is 16.5. The number of hydrogen-bond acceptors (Lipinski definition) is 10. The quantitative estimate of drug-likeness (QED) is 0.0521. The summed E-state index contributed by atoms with van der Waals surface area (Å²) in [6.07, 6.45) is 3.13. The van der Waals surface area contributed by atoms with Crippen LogP contribution in [-0.4, -0.2) is 63.2 Å². The number of benzene rings is 4. The van der Waals surface area contributed by atoms with E-state index in [4.69, 9.17) is 37.5 Å². The lowest BCUT2D eigenvalue weighted by molar-refractivity contribution is -0.00716. The Balaban J connectivity index is 0.737. The van der Waals surface area contributed by atoms with Gasteiger partial charge in [0.1, 0.15) is 34.4 Å². The Labute approximate surface area is 342 Å². The fourth-order valence-corrected chi connectivity index (χ4v) is 6.79. The molecule has 0 saturated heterocycles. The van der Waals surface area contributed by atoms with Gasteiger partial charge in [-0.05, 0) is 109 Å². The van der Waals surface area contributed by atoms with Gasteiger partial charge in [-0.1, -0.05) is 71.0 Å². The van der Waals surface area contributed by atoms with Crippen LogP contribution in [0.5, 0.6) is 11.5 Å². The topological polar surface area (TPSA) is 107 Å². The standard InChI is InChI=1S/C48H56N2O8/c1-35-27-41(39-13-7-5-8-14-39)28-36(2)47(35)55-19-11-17-45-31-43(49-57-45)33-53-25-23-51-21-22-52-24-26-54-34-44-32-46(58-50-44)18-12-20-56-48-37(3)29-42(30-38(48)4)40-15-9-6-10-16-40/h5-10,13-16,27-32H,11-12,17-26,33-34H2,1-4H3. The first-order chi connectivity index (χ1) is 28.4. The average molecular weight is 789 g/mol. The summed E-state index contributed by atoms with van der Waals surface area (Å²) in [6, 6.07) is 33.4. The molecule has 58 heavy (non-hydrogen) atoms. The number of aromatic nitrogens is 2. The van der Waals surface area contributed by atoms with Gasteiger partial charge in [0.05, 0.1) is 66.1 Å². The van der Waals surface area contributed by atoms with Gasteiger partial charge in [0.2, 0.25) is 0 Å². The highest BCUT2D eigenvalue weighted by Gasteiger charge is 2.11. The fourth-order valence-electron chi connectivity index (χ4n) is 6.79. The maximum atomic E-state index is 6.16. The van der Waals surface area contributed by atoms with Gasteiger partial charge in [-0.25, -0.2) is 0 Å². The third-order valence-electron chi connectivity index (χ3n) is 9.59. The van der Waals surface area contributed by atoms with E-state index in [0.29, 0.717) is 66.1 Å². The van der Waals surface area contributed by atoms with Crippen LogP contribution >= 0.6 is 0 Å². The summed E-state index contributed by atoms with van der Waals surface area (Å²) in [7, 11) is 0. The molecule has 306 valence electrons. The lowest BCUT2D eigenvalue weighted by Crippen LogP contribution is -2.11. The van der Waals surface area contributed by atoms with E-state index < -0.39 is 0 Å². The first-order valence-electron chi connectivity index (χ1n) is 20.2. The average Bonchev–Trinajstić information content (AvgIpc) is 3.90. The third kappa shape index (κ3) is 13.1. The molecule has 0 spiro atoms. The Hall–Kier alpha value is -5.26. The van der Waals surface area contributed by atoms with Crippen LogP contribution in [0.15, 0.2) is 106 Å². The van der Waals surface area contributed by atoms with Gasteiger partial charge >= 0.3 is 0 Å². The lowest BCUT2D eigenvalue weighted by atomic mass is 10.00. The molecule has 0 N–H and O–H groups in total. The molecule has 6 rings (SSSR count). The second kappa shape index (κ2) is 22.6. The zero-order valence-corrected chi connectivity index (χ0v) is 34.3. The van der Waals surface area contributed by atoms with Crippen molar-refractivity contribution in [1.29, 1.82) is 0 Å². The van der Waals surface area contributed by atoms with Crippen molar-refractivity contribution < 1.29 is 37.5 Å². The van der Waals surface area contributed by atoms with Crippen LogP contribution in [-0.2, 0) is 45.0 Å². The zero-order valence-electron chi connectivity index (χ0n) is 34.3. The van der Waals surface area contributed by atoms with Gasteiger partial charge in [0, 0.05) is 25.0 Å². The summed E-state index contributed by atoms with van der Waals surface area (Å²) in [6.45, 7) is 13.1. The molecule has 2 heterocycles. The van der Waals surface area contributed by atoms with E-state index in [9.17, 15) is 0 Å². The van der Waals surface area contributed by atoms with E-state index >= 15 is 0 Å². The smallest absolute Gasteiger partial charge is 0.137 e. The first-order valence-corrected chi connectivity index (χ1v) is 20.2. The summed E-state index contributed by atoms with van der Waals surface area (Å²) < 4.78 is 46.0. The molecular formula is C48H56N2O8. The molecule has 0 radical (unpaired) electrons. The summed E-state index contributed by atoms with van der Waals surface area (Å²) >= 11 is 0. The van der Waals surface area contributed by atoms with E-state index in [1.54, 1.807) is 0 Å². The molecule has 0 atom stereocenters. The van der Waals surface area contributed by atoms with Crippen molar-refractivity contribution in [3.8, 4) is 33.8 Å². The Morgan fingerprint density at radius 1 is 0.414 bits per heavy atom. The van der Waals surface area contributed by atoms with Crippen LogP contribution in [0.25, 0.3) is 22.3 Å². The highest BCUT2D eigenvalue weighted by Crippen LogP contribution is 2.31. The zero-order chi connectivity index (χ0) is 40.4. The summed E-state index contributed by atoms with van der Waals surface area (Å²) in [5, 5.41) is 8.27. The molecule has 2 aromatic heterocycles. The van der Waals surface area contributed by atoms with Crippen molar-refractivity contribution in [3.63, 3.8) is 0 Å². The highest BCUT2D eigenvalue weighted by atomic mass is 16.6. The van der Waals surface area contributed by atoms with Crippen molar-refractivity contribution >= 4 is 0 Å². The summed E-state index contributed by atoms with van der Waals surface area (Å²) in [5.41, 5.74) is 10.9. The number of hydrogen-bond donors (Lipinski definition) is 0. The van der Waals surface area contributed by atoms with Crippen molar-refractivity contribution in [1.82, 2.24) is 10.3 Å². The number of ether oxygens (including phenoxy) is 6. The third-order valence-corrected chi connectivity index (χ3v) is 9.59. The Morgan fingerprint density at radius 3 is 1.16 bits per heavy atom. The van der Waals surface area contributed by atoms with E-state index in [0.717, 1.165) is 82.3 Å². The van der Waals surface area contributed by atoms with Crippen molar-refractivity contribution in [2.24, 2.45) is 0 Å². The van der Waals surface area contributed by atoms with E-state index in [1.165, 1.54) is 22.3 Å². The second-order valence-corrected chi connectivity index (χ2v) is 14.4. The van der Waals surface area contributed by atoms with Crippen molar-refractivity contribution in [2.45, 2.75) is 66.6 Å². The van der Waals surface area contributed by atoms with Crippen LogP contribution in [0.2, 0.25) is 0 Å².